The molecule has 1 fully saturated rings. The highest BCUT2D eigenvalue weighted by atomic mass is 16.7. The van der Waals surface area contributed by atoms with Crippen molar-refractivity contribution in [2.45, 2.75) is 58.2 Å². The first-order chi connectivity index (χ1) is 13.8. The highest BCUT2D eigenvalue weighted by molar-refractivity contribution is 6.56. The standard InChI is InChI=1S/C25H28BNO2/c1-17-15-18(26-28-24(2,3)25(4,5)29-26)16-21-20-13-9-10-14-22(20)27(23(17)21)19-11-7-6-8-12-19/h6-14,16-17H,15H2,1-5H3. The Morgan fingerprint density at radius 3 is 2.21 bits per heavy atom. The van der Waals surface area contributed by atoms with Gasteiger partial charge in [-0.1, -0.05) is 49.4 Å². The van der Waals surface area contributed by atoms with E-state index in [9.17, 15) is 0 Å². The Hall–Kier alpha value is -2.30. The van der Waals surface area contributed by atoms with Crippen molar-refractivity contribution in [3.63, 3.8) is 0 Å². The largest absolute Gasteiger partial charge is 0.490 e. The molecule has 148 valence electrons. The van der Waals surface area contributed by atoms with Crippen molar-refractivity contribution in [3.8, 4) is 5.69 Å². The molecular formula is C25H28BNO2. The number of hydrogen-bond donors (Lipinski definition) is 0. The summed E-state index contributed by atoms with van der Waals surface area (Å²) in [5.74, 6) is 0.372. The Kier molecular flexibility index (Phi) is 4.10. The predicted octanol–water partition coefficient (Wildman–Crippen LogP) is 6.15. The van der Waals surface area contributed by atoms with Crippen molar-refractivity contribution in [1.82, 2.24) is 4.57 Å². The molecule has 1 aliphatic carbocycles. The second kappa shape index (κ2) is 6.35. The molecule has 2 aromatic carbocycles. The lowest BCUT2D eigenvalue weighted by Crippen LogP contribution is -2.41. The molecule has 0 bridgehead atoms. The molecule has 3 aromatic rings. The molecule has 2 heterocycles. The van der Waals surface area contributed by atoms with Crippen molar-refractivity contribution in [1.29, 1.82) is 0 Å². The maximum atomic E-state index is 6.37. The number of allylic oxidation sites excluding steroid dienone is 1. The van der Waals surface area contributed by atoms with Crippen LogP contribution in [0.2, 0.25) is 0 Å². The second-order valence-electron chi connectivity index (χ2n) is 9.40. The maximum absolute atomic E-state index is 6.37. The molecular weight excluding hydrogens is 357 g/mol. The van der Waals surface area contributed by atoms with E-state index in [1.807, 2.05) is 0 Å². The number of fused-ring (bicyclic) bond motifs is 3. The first-order valence-electron chi connectivity index (χ1n) is 10.5. The van der Waals surface area contributed by atoms with Crippen LogP contribution in [0, 0.1) is 0 Å². The molecule has 0 spiro atoms. The molecule has 5 rings (SSSR count). The van der Waals surface area contributed by atoms with Crippen molar-refractivity contribution < 1.29 is 9.31 Å². The quantitative estimate of drug-likeness (QED) is 0.494. The van der Waals surface area contributed by atoms with Gasteiger partial charge in [0.1, 0.15) is 0 Å². The third-order valence-corrected chi connectivity index (χ3v) is 6.86. The van der Waals surface area contributed by atoms with Crippen LogP contribution >= 0.6 is 0 Å². The molecule has 1 atom stereocenters. The predicted molar refractivity (Wildman–Crippen MR) is 120 cm³/mol. The Bertz CT molecular complexity index is 1090. The van der Waals surface area contributed by atoms with E-state index in [2.05, 4.69) is 99.9 Å². The maximum Gasteiger partial charge on any atom is 0.490 e. The minimum atomic E-state index is -0.319. The summed E-state index contributed by atoms with van der Waals surface area (Å²) in [4.78, 5) is 0. The van der Waals surface area contributed by atoms with Gasteiger partial charge in [-0.3, -0.25) is 0 Å². The third-order valence-electron chi connectivity index (χ3n) is 6.86. The summed E-state index contributed by atoms with van der Waals surface area (Å²) in [6, 6.07) is 19.3. The van der Waals surface area contributed by atoms with E-state index in [1.54, 1.807) is 0 Å². The van der Waals surface area contributed by atoms with E-state index in [4.69, 9.17) is 9.31 Å². The van der Waals surface area contributed by atoms with Crippen molar-refractivity contribution >= 4 is 24.1 Å². The normalized spacial score (nSPS) is 22.6. The summed E-state index contributed by atoms with van der Waals surface area (Å²) in [5.41, 5.74) is 5.73. The van der Waals surface area contributed by atoms with Crippen molar-refractivity contribution in [2.24, 2.45) is 0 Å². The van der Waals surface area contributed by atoms with Crippen LogP contribution in [0.1, 0.15) is 58.2 Å². The fourth-order valence-corrected chi connectivity index (χ4v) is 4.63. The third kappa shape index (κ3) is 2.81. The Balaban J connectivity index is 1.68. The van der Waals surface area contributed by atoms with Crippen LogP contribution in [0.5, 0.6) is 0 Å². The van der Waals surface area contributed by atoms with Crippen LogP contribution in [0.4, 0.5) is 0 Å². The first kappa shape index (κ1) is 18.7. The fraction of sp³-hybridized carbons (Fsp3) is 0.360. The molecule has 1 aliphatic heterocycles. The van der Waals surface area contributed by atoms with Gasteiger partial charge in [0.05, 0.1) is 16.7 Å². The summed E-state index contributed by atoms with van der Waals surface area (Å²) in [5, 5.41) is 1.28. The van der Waals surface area contributed by atoms with Gasteiger partial charge in [-0.05, 0) is 57.8 Å². The van der Waals surface area contributed by atoms with E-state index in [0.29, 0.717) is 5.92 Å². The average molecular weight is 385 g/mol. The highest BCUT2D eigenvalue weighted by Gasteiger charge is 2.52. The lowest BCUT2D eigenvalue weighted by atomic mass is 9.69. The Morgan fingerprint density at radius 1 is 0.897 bits per heavy atom. The van der Waals surface area contributed by atoms with Gasteiger partial charge in [-0.25, -0.2) is 0 Å². The molecule has 1 saturated heterocycles. The van der Waals surface area contributed by atoms with E-state index in [1.165, 1.54) is 33.3 Å². The topological polar surface area (TPSA) is 23.4 Å². The number of aromatic nitrogens is 1. The smallest absolute Gasteiger partial charge is 0.400 e. The van der Waals surface area contributed by atoms with Gasteiger partial charge in [0.15, 0.2) is 0 Å². The molecule has 1 aromatic heterocycles. The first-order valence-corrected chi connectivity index (χ1v) is 10.5. The lowest BCUT2D eigenvalue weighted by Gasteiger charge is -2.32. The molecule has 3 nitrogen and oxygen atoms in total. The molecule has 0 N–H and O–H groups in total. The summed E-state index contributed by atoms with van der Waals surface area (Å²) in [7, 11) is -0.283. The number of hydrogen-bond acceptors (Lipinski definition) is 2. The van der Waals surface area contributed by atoms with Gasteiger partial charge in [-0.2, -0.15) is 0 Å². The van der Waals surface area contributed by atoms with Crippen LogP contribution in [-0.2, 0) is 9.31 Å². The summed E-state index contributed by atoms with van der Waals surface area (Å²) in [6.07, 6.45) is 3.26. The Labute approximate surface area is 173 Å². The van der Waals surface area contributed by atoms with Crippen molar-refractivity contribution in [2.75, 3.05) is 0 Å². The number of rotatable bonds is 2. The van der Waals surface area contributed by atoms with Crippen LogP contribution in [0.15, 0.2) is 60.1 Å². The minimum Gasteiger partial charge on any atom is -0.400 e. The van der Waals surface area contributed by atoms with E-state index >= 15 is 0 Å². The van der Waals surface area contributed by atoms with Gasteiger partial charge < -0.3 is 13.9 Å². The zero-order valence-electron chi connectivity index (χ0n) is 17.9. The number of nitrogens with zero attached hydrogens (tertiary/aromatic N) is 1. The van der Waals surface area contributed by atoms with E-state index < -0.39 is 0 Å². The van der Waals surface area contributed by atoms with Gasteiger partial charge in [0, 0.05) is 28.2 Å². The van der Waals surface area contributed by atoms with Gasteiger partial charge in [0.2, 0.25) is 0 Å². The molecule has 0 saturated carbocycles. The van der Waals surface area contributed by atoms with Crippen LogP contribution in [0.3, 0.4) is 0 Å². The second-order valence-corrected chi connectivity index (χ2v) is 9.40. The average Bonchev–Trinajstić information content (AvgIpc) is 3.13. The molecule has 0 radical (unpaired) electrons. The molecule has 4 heteroatoms. The zero-order valence-corrected chi connectivity index (χ0v) is 17.9. The Morgan fingerprint density at radius 2 is 1.52 bits per heavy atom. The summed E-state index contributed by atoms with van der Waals surface area (Å²) >= 11 is 0. The molecule has 1 unspecified atom stereocenters. The molecule has 0 amide bonds. The van der Waals surface area contributed by atoms with Gasteiger partial charge in [-0.15, -0.1) is 0 Å². The molecule has 29 heavy (non-hydrogen) atoms. The van der Waals surface area contributed by atoms with Gasteiger partial charge >= 0.3 is 7.12 Å². The zero-order chi connectivity index (χ0) is 20.4. The SMILES string of the molecule is CC1CC(B2OC(C)(C)C(C)(C)O2)=Cc2c1n(-c1ccccc1)c1ccccc21. The lowest BCUT2D eigenvalue weighted by molar-refractivity contribution is 0.00578. The van der Waals surface area contributed by atoms with Crippen LogP contribution in [-0.4, -0.2) is 22.9 Å². The number of para-hydroxylation sites is 2. The van der Waals surface area contributed by atoms with Crippen LogP contribution in [0.25, 0.3) is 22.7 Å². The highest BCUT2D eigenvalue weighted by Crippen LogP contribution is 2.45. The van der Waals surface area contributed by atoms with Crippen molar-refractivity contribution in [3.05, 3.63) is 71.3 Å². The van der Waals surface area contributed by atoms with Gasteiger partial charge in [0.25, 0.3) is 0 Å². The number of benzene rings is 2. The van der Waals surface area contributed by atoms with Crippen LogP contribution < -0.4 is 0 Å². The van der Waals surface area contributed by atoms with E-state index in [-0.39, 0.29) is 18.3 Å². The summed E-state index contributed by atoms with van der Waals surface area (Å²) in [6.45, 7) is 10.8. The molecule has 2 aliphatic rings. The summed E-state index contributed by atoms with van der Waals surface area (Å²) < 4.78 is 15.2. The van der Waals surface area contributed by atoms with E-state index in [0.717, 1.165) is 6.42 Å². The monoisotopic (exact) mass is 385 g/mol. The fourth-order valence-electron chi connectivity index (χ4n) is 4.63. The minimum absolute atomic E-state index is 0.283.